The van der Waals surface area contributed by atoms with E-state index in [1.54, 1.807) is 0 Å². The van der Waals surface area contributed by atoms with Crippen LogP contribution in [0.1, 0.15) is 49.9 Å². The van der Waals surface area contributed by atoms with Crippen LogP contribution in [0, 0.1) is 0 Å². The van der Waals surface area contributed by atoms with Crippen molar-refractivity contribution in [1.82, 2.24) is 9.88 Å². The Hall–Kier alpha value is -2.88. The third kappa shape index (κ3) is 5.14. The molecule has 0 unspecified atom stereocenters. The third-order valence-corrected chi connectivity index (χ3v) is 5.10. The van der Waals surface area contributed by atoms with E-state index in [2.05, 4.69) is 6.92 Å². The van der Waals surface area contributed by atoms with Gasteiger partial charge in [0.15, 0.2) is 0 Å². The zero-order valence-corrected chi connectivity index (χ0v) is 17.6. The van der Waals surface area contributed by atoms with E-state index in [0.29, 0.717) is 12.2 Å². The lowest BCUT2D eigenvalue weighted by molar-refractivity contribution is 0.0794. The Balaban J connectivity index is 1.92. The van der Waals surface area contributed by atoms with Gasteiger partial charge in [-0.05, 0) is 49.7 Å². The van der Waals surface area contributed by atoms with Crippen LogP contribution in [0.25, 0.3) is 22.2 Å². The Kier molecular flexibility index (Phi) is 7.23. The fourth-order valence-corrected chi connectivity index (χ4v) is 3.47. The molecule has 0 atom stereocenters. The van der Waals surface area contributed by atoms with Gasteiger partial charge in [-0.25, -0.2) is 4.98 Å². The molecule has 29 heavy (non-hydrogen) atoms. The number of pyridine rings is 1. The Morgan fingerprint density at radius 1 is 1.00 bits per heavy atom. The minimum absolute atomic E-state index is 0.0484. The maximum atomic E-state index is 13.2. The summed E-state index contributed by atoms with van der Waals surface area (Å²) in [6, 6.07) is 17.6. The molecule has 0 aliphatic heterocycles. The number of benzene rings is 2. The predicted octanol–water partition coefficient (Wildman–Crippen LogP) is 5.95. The van der Waals surface area contributed by atoms with E-state index in [1.165, 1.54) is 12.8 Å². The molecule has 0 saturated carbocycles. The molecule has 3 rings (SSSR count). The molecule has 0 fully saturated rings. The van der Waals surface area contributed by atoms with Crippen molar-refractivity contribution in [3.63, 3.8) is 0 Å². The second-order valence-corrected chi connectivity index (χ2v) is 7.32. The van der Waals surface area contributed by atoms with E-state index in [0.717, 1.165) is 47.3 Å². The zero-order valence-electron chi connectivity index (χ0n) is 17.6. The summed E-state index contributed by atoms with van der Waals surface area (Å²) in [7, 11) is 1.89. The summed E-state index contributed by atoms with van der Waals surface area (Å²) in [5.74, 6) is 0.882. The first kappa shape index (κ1) is 20.8. The molecule has 2 aromatic carbocycles. The number of para-hydroxylation sites is 1. The summed E-state index contributed by atoms with van der Waals surface area (Å²) >= 11 is 0. The first-order valence-electron chi connectivity index (χ1n) is 10.5. The van der Waals surface area contributed by atoms with Gasteiger partial charge in [0.2, 0.25) is 0 Å². The topological polar surface area (TPSA) is 42.4 Å². The van der Waals surface area contributed by atoms with Crippen LogP contribution in [-0.4, -0.2) is 36.0 Å². The molecule has 1 aromatic heterocycles. The van der Waals surface area contributed by atoms with E-state index < -0.39 is 0 Å². The monoisotopic (exact) mass is 390 g/mol. The molecule has 0 saturated heterocycles. The lowest BCUT2D eigenvalue weighted by atomic mass is 10.0. The highest BCUT2D eigenvalue weighted by molar-refractivity contribution is 6.07. The van der Waals surface area contributed by atoms with Crippen LogP contribution in [0.4, 0.5) is 0 Å². The molecule has 1 heterocycles. The van der Waals surface area contributed by atoms with Gasteiger partial charge in [0, 0.05) is 24.5 Å². The van der Waals surface area contributed by atoms with Gasteiger partial charge in [-0.1, -0.05) is 44.4 Å². The molecule has 4 nitrogen and oxygen atoms in total. The second-order valence-electron chi connectivity index (χ2n) is 7.32. The van der Waals surface area contributed by atoms with Gasteiger partial charge in [0.25, 0.3) is 5.91 Å². The Morgan fingerprint density at radius 3 is 2.48 bits per heavy atom. The lowest BCUT2D eigenvalue weighted by Gasteiger charge is -2.19. The van der Waals surface area contributed by atoms with Crippen LogP contribution in [0.5, 0.6) is 5.75 Å². The number of hydrogen-bond acceptors (Lipinski definition) is 3. The fourth-order valence-electron chi connectivity index (χ4n) is 3.47. The van der Waals surface area contributed by atoms with Gasteiger partial charge in [-0.2, -0.15) is 0 Å². The Morgan fingerprint density at radius 2 is 1.76 bits per heavy atom. The SMILES string of the molecule is CCCCCCN(C)C(=O)c1cc(-c2ccc(OCC)cc2)nc2ccccc12. The number of rotatable bonds is 9. The molecule has 0 spiro atoms. The fraction of sp³-hybridized carbons (Fsp3) is 0.360. The maximum absolute atomic E-state index is 13.2. The summed E-state index contributed by atoms with van der Waals surface area (Å²) in [5, 5.41) is 0.896. The first-order valence-corrected chi connectivity index (χ1v) is 10.5. The summed E-state index contributed by atoms with van der Waals surface area (Å²) in [4.78, 5) is 19.9. The minimum atomic E-state index is 0.0484. The van der Waals surface area contributed by atoms with Crippen molar-refractivity contribution in [2.24, 2.45) is 0 Å². The molecule has 0 radical (unpaired) electrons. The van der Waals surface area contributed by atoms with E-state index >= 15 is 0 Å². The van der Waals surface area contributed by atoms with Crippen LogP contribution in [0.3, 0.4) is 0 Å². The minimum Gasteiger partial charge on any atom is -0.494 e. The zero-order chi connectivity index (χ0) is 20.6. The normalized spacial score (nSPS) is 10.9. The van der Waals surface area contributed by atoms with Gasteiger partial charge in [0.1, 0.15) is 5.75 Å². The van der Waals surface area contributed by atoms with Gasteiger partial charge in [-0.3, -0.25) is 4.79 Å². The molecule has 1 amide bonds. The van der Waals surface area contributed by atoms with Crippen LogP contribution in [0.15, 0.2) is 54.6 Å². The standard InChI is InChI=1S/C25H30N2O2/c1-4-6-7-10-17-27(3)25(28)22-18-24(26-23-12-9-8-11-21(22)23)19-13-15-20(16-14-19)29-5-2/h8-9,11-16,18H,4-7,10,17H2,1-3H3. The summed E-state index contributed by atoms with van der Waals surface area (Å²) in [5.41, 5.74) is 3.31. The molecule has 3 aromatic rings. The number of nitrogens with zero attached hydrogens (tertiary/aromatic N) is 2. The molecule has 0 aliphatic carbocycles. The van der Waals surface area contributed by atoms with Crippen molar-refractivity contribution in [3.8, 4) is 17.0 Å². The molecular formula is C25H30N2O2. The summed E-state index contributed by atoms with van der Waals surface area (Å²) in [6.45, 7) is 5.57. The van der Waals surface area contributed by atoms with Gasteiger partial charge in [0.05, 0.1) is 23.4 Å². The number of aromatic nitrogens is 1. The summed E-state index contributed by atoms with van der Waals surface area (Å²) < 4.78 is 5.53. The van der Waals surface area contributed by atoms with Crippen molar-refractivity contribution in [2.75, 3.05) is 20.2 Å². The van der Waals surface area contributed by atoms with Crippen LogP contribution >= 0.6 is 0 Å². The Bertz CT molecular complexity index is 951. The number of amides is 1. The number of hydrogen-bond donors (Lipinski definition) is 0. The van der Waals surface area contributed by atoms with Gasteiger partial charge < -0.3 is 9.64 Å². The first-order chi connectivity index (χ1) is 14.1. The molecule has 152 valence electrons. The molecule has 4 heteroatoms. The lowest BCUT2D eigenvalue weighted by Crippen LogP contribution is -2.28. The number of fused-ring (bicyclic) bond motifs is 1. The van der Waals surface area contributed by atoms with Crippen molar-refractivity contribution < 1.29 is 9.53 Å². The average molecular weight is 391 g/mol. The highest BCUT2D eigenvalue weighted by Crippen LogP contribution is 2.27. The maximum Gasteiger partial charge on any atom is 0.254 e. The Labute approximate surface area is 173 Å². The van der Waals surface area contributed by atoms with Crippen molar-refractivity contribution in [2.45, 2.75) is 39.5 Å². The highest BCUT2D eigenvalue weighted by atomic mass is 16.5. The third-order valence-electron chi connectivity index (χ3n) is 5.10. The number of carbonyl (C=O) groups excluding carboxylic acids is 1. The quantitative estimate of drug-likeness (QED) is 0.424. The summed E-state index contributed by atoms with van der Waals surface area (Å²) in [6.07, 6.45) is 4.59. The molecule has 0 aliphatic rings. The van der Waals surface area contributed by atoms with Crippen molar-refractivity contribution in [1.29, 1.82) is 0 Å². The van der Waals surface area contributed by atoms with E-state index in [-0.39, 0.29) is 5.91 Å². The number of ether oxygens (including phenoxy) is 1. The highest BCUT2D eigenvalue weighted by Gasteiger charge is 2.17. The number of carbonyl (C=O) groups is 1. The van der Waals surface area contributed by atoms with E-state index in [9.17, 15) is 4.79 Å². The predicted molar refractivity (Wildman–Crippen MR) is 119 cm³/mol. The van der Waals surface area contributed by atoms with Crippen LogP contribution in [-0.2, 0) is 0 Å². The number of unbranched alkanes of at least 4 members (excludes halogenated alkanes) is 3. The van der Waals surface area contributed by atoms with E-state index in [1.807, 2.05) is 73.5 Å². The molecule has 0 bridgehead atoms. The van der Waals surface area contributed by atoms with Crippen LogP contribution < -0.4 is 4.74 Å². The van der Waals surface area contributed by atoms with Crippen LogP contribution in [0.2, 0.25) is 0 Å². The van der Waals surface area contributed by atoms with E-state index in [4.69, 9.17) is 9.72 Å². The van der Waals surface area contributed by atoms with Gasteiger partial charge in [-0.15, -0.1) is 0 Å². The largest absolute Gasteiger partial charge is 0.494 e. The smallest absolute Gasteiger partial charge is 0.254 e. The van der Waals surface area contributed by atoms with Crippen molar-refractivity contribution >= 4 is 16.8 Å². The van der Waals surface area contributed by atoms with Gasteiger partial charge >= 0.3 is 0 Å². The molecular weight excluding hydrogens is 360 g/mol. The second kappa shape index (κ2) is 10.1. The van der Waals surface area contributed by atoms with Crippen molar-refractivity contribution in [3.05, 3.63) is 60.2 Å². The average Bonchev–Trinajstić information content (AvgIpc) is 2.76. The molecule has 0 N–H and O–H groups in total.